The van der Waals surface area contributed by atoms with Gasteiger partial charge in [0.25, 0.3) is 0 Å². The van der Waals surface area contributed by atoms with Crippen LogP contribution < -0.4 is 5.73 Å². The van der Waals surface area contributed by atoms with Gasteiger partial charge in [-0.1, -0.05) is 39.8 Å². The minimum atomic E-state index is -0.202. The Hall–Kier alpha value is -2.95. The van der Waals surface area contributed by atoms with Crippen LogP contribution in [-0.2, 0) is 17.6 Å². The average Bonchev–Trinajstić information content (AvgIpc) is 2.75. The lowest BCUT2D eigenvalue weighted by atomic mass is 9.85. The summed E-state index contributed by atoms with van der Waals surface area (Å²) in [6.07, 6.45) is 9.22. The van der Waals surface area contributed by atoms with Gasteiger partial charge in [0.05, 0.1) is 11.6 Å². The zero-order valence-electron chi connectivity index (χ0n) is 20.3. The highest BCUT2D eigenvalue weighted by Crippen LogP contribution is 2.31. The summed E-state index contributed by atoms with van der Waals surface area (Å²) in [6, 6.07) is 4.35. The number of benzene rings is 1. The van der Waals surface area contributed by atoms with Crippen LogP contribution in [0.15, 0.2) is 45.7 Å². The molecule has 0 saturated heterocycles. The molecule has 1 aromatic carbocycles. The van der Waals surface area contributed by atoms with Gasteiger partial charge in [-0.05, 0) is 72.9 Å². The van der Waals surface area contributed by atoms with E-state index in [1.165, 1.54) is 13.1 Å². The van der Waals surface area contributed by atoms with Crippen LogP contribution in [0.4, 0.5) is 0 Å². The quantitative estimate of drug-likeness (QED) is 0.555. The van der Waals surface area contributed by atoms with E-state index in [9.17, 15) is 9.90 Å². The van der Waals surface area contributed by atoms with Crippen molar-refractivity contribution in [1.82, 2.24) is 0 Å². The Morgan fingerprint density at radius 3 is 2.62 bits per heavy atom. The molecule has 0 spiro atoms. The first kappa shape index (κ1) is 25.3. The Labute approximate surface area is 192 Å². The van der Waals surface area contributed by atoms with Crippen molar-refractivity contribution in [2.75, 3.05) is 6.54 Å². The van der Waals surface area contributed by atoms with Crippen molar-refractivity contribution in [3.63, 3.8) is 0 Å². The minimum absolute atomic E-state index is 0.0267. The maximum Gasteiger partial charge on any atom is 0.165 e. The number of fused-ring (bicyclic) bond motifs is 1. The predicted molar refractivity (Wildman–Crippen MR) is 136 cm³/mol. The van der Waals surface area contributed by atoms with Gasteiger partial charge in [0, 0.05) is 30.7 Å². The van der Waals surface area contributed by atoms with Gasteiger partial charge >= 0.3 is 0 Å². The molecule has 0 amide bonds. The molecule has 5 nitrogen and oxygen atoms in total. The molecule has 1 unspecified atom stereocenters. The fraction of sp³-hybridized carbons (Fsp3) is 0.444. The van der Waals surface area contributed by atoms with Crippen LogP contribution in [0.2, 0.25) is 0 Å². The van der Waals surface area contributed by atoms with Gasteiger partial charge in [0.15, 0.2) is 5.78 Å². The van der Waals surface area contributed by atoms with Crippen molar-refractivity contribution in [2.24, 2.45) is 21.6 Å². The number of aliphatic hydroxyl groups excluding tert-OH is 1. The van der Waals surface area contributed by atoms with E-state index in [-0.39, 0.29) is 29.1 Å². The molecule has 1 aromatic rings. The molecule has 0 saturated carbocycles. The topological polar surface area (TPSA) is 88.0 Å². The minimum Gasteiger partial charge on any atom is -0.507 e. The maximum atomic E-state index is 12.1. The summed E-state index contributed by atoms with van der Waals surface area (Å²) in [6.45, 7) is 12.6. The van der Waals surface area contributed by atoms with Crippen molar-refractivity contribution in [3.05, 3.63) is 58.0 Å². The van der Waals surface area contributed by atoms with Gasteiger partial charge in [-0.3, -0.25) is 14.8 Å². The number of nitrogens with two attached hydrogens (primary N) is 1. The molecule has 0 aliphatic carbocycles. The summed E-state index contributed by atoms with van der Waals surface area (Å²) in [7, 11) is 0. The maximum absolute atomic E-state index is 12.1. The normalized spacial score (nSPS) is 19.3. The lowest BCUT2D eigenvalue weighted by molar-refractivity contribution is -0.113. The van der Waals surface area contributed by atoms with E-state index >= 15 is 0 Å². The van der Waals surface area contributed by atoms with Gasteiger partial charge in [0.1, 0.15) is 5.76 Å². The van der Waals surface area contributed by atoms with Gasteiger partial charge < -0.3 is 10.8 Å². The lowest BCUT2D eigenvalue weighted by Crippen LogP contribution is -2.19. The number of allylic oxidation sites excluding steroid dienone is 4. The first-order chi connectivity index (χ1) is 15.2. The molecule has 0 radical (unpaired) electrons. The Morgan fingerprint density at radius 1 is 1.34 bits per heavy atom. The summed E-state index contributed by atoms with van der Waals surface area (Å²) in [5.41, 5.74) is 12.5. The molecule has 3 N–H and O–H groups in total. The molecule has 172 valence electrons. The second-order valence-electron chi connectivity index (χ2n) is 8.65. The summed E-state index contributed by atoms with van der Waals surface area (Å²) >= 11 is 0. The van der Waals surface area contributed by atoms with E-state index in [0.29, 0.717) is 0 Å². The number of ketones is 1. The van der Waals surface area contributed by atoms with E-state index in [2.05, 4.69) is 44.8 Å². The lowest BCUT2D eigenvalue weighted by Gasteiger charge is -2.22. The van der Waals surface area contributed by atoms with E-state index in [4.69, 9.17) is 10.7 Å². The van der Waals surface area contributed by atoms with Crippen LogP contribution in [0.5, 0.6) is 0 Å². The number of carbonyl (C=O) groups excluding carboxylic acids is 1. The van der Waals surface area contributed by atoms with E-state index in [1.54, 1.807) is 12.3 Å². The highest BCUT2D eigenvalue weighted by atomic mass is 16.3. The van der Waals surface area contributed by atoms with Gasteiger partial charge in [-0.15, -0.1) is 0 Å². The Kier molecular flexibility index (Phi) is 9.18. The molecule has 1 aliphatic heterocycles. The number of rotatable bonds is 7. The second kappa shape index (κ2) is 11.6. The number of Topliss-reactive ketones (excluding diaryl/α,β-unsaturated/α-hetero) is 1. The molecule has 0 bridgehead atoms. The van der Waals surface area contributed by atoms with E-state index in [0.717, 1.165) is 59.2 Å². The molecule has 32 heavy (non-hydrogen) atoms. The molecular formula is C27H37N3O2. The number of hydrogen-bond acceptors (Lipinski definition) is 5. The van der Waals surface area contributed by atoms with Crippen LogP contribution in [0.25, 0.3) is 11.1 Å². The Morgan fingerprint density at radius 2 is 2.06 bits per heavy atom. The number of hydrogen-bond donors (Lipinski definition) is 2. The van der Waals surface area contributed by atoms with Crippen LogP contribution in [-0.4, -0.2) is 35.9 Å². The summed E-state index contributed by atoms with van der Waals surface area (Å²) in [5, 5.41) is 10.7. The number of aliphatic imine (C=N–C) groups is 2. The van der Waals surface area contributed by atoms with Crippen molar-refractivity contribution in [1.29, 1.82) is 0 Å². The first-order valence-corrected chi connectivity index (χ1v) is 11.5. The zero-order chi connectivity index (χ0) is 23.8. The summed E-state index contributed by atoms with van der Waals surface area (Å²) < 4.78 is 0. The molecule has 0 aromatic heterocycles. The molecule has 1 atom stereocenters. The van der Waals surface area contributed by atoms with E-state index in [1.807, 2.05) is 13.1 Å². The van der Waals surface area contributed by atoms with E-state index < -0.39 is 0 Å². The molecule has 5 heteroatoms. The molecule has 0 fully saturated rings. The third-order valence-corrected chi connectivity index (χ3v) is 5.81. The largest absolute Gasteiger partial charge is 0.507 e. The third kappa shape index (κ3) is 6.06. The third-order valence-electron chi connectivity index (χ3n) is 5.81. The molecule has 1 heterocycles. The molecule has 2 rings (SSSR count). The summed E-state index contributed by atoms with van der Waals surface area (Å²) in [4.78, 5) is 21.3. The van der Waals surface area contributed by atoms with Crippen LogP contribution in [0, 0.1) is 5.92 Å². The Bertz CT molecular complexity index is 994. The number of aliphatic hydroxyl groups is 1. The molecular weight excluding hydrogens is 398 g/mol. The number of carbonyl (C=O) groups is 1. The summed E-state index contributed by atoms with van der Waals surface area (Å²) in [5.74, 6) is 0.0147. The van der Waals surface area contributed by atoms with Crippen LogP contribution in [0.1, 0.15) is 70.2 Å². The van der Waals surface area contributed by atoms with Crippen molar-refractivity contribution >= 4 is 29.4 Å². The average molecular weight is 436 g/mol. The first-order valence-electron chi connectivity index (χ1n) is 11.5. The standard InChI is InChI=1S/C27H37N3O2/c1-7-9-29-15-22(14-28)24-12-21-13-26(17(3)4)30-16-25(19(6)31)27(32)10-18(5)23(21)11-20(24)8-2/h10-12,14-17,26,32H,7-9,13,28H2,1-6H3/b18-10+,22-14?,27-25?,29-15?,30-16?. The fourth-order valence-corrected chi connectivity index (χ4v) is 3.84. The highest BCUT2D eigenvalue weighted by molar-refractivity contribution is 6.13. The van der Waals surface area contributed by atoms with Gasteiger partial charge in [0.2, 0.25) is 0 Å². The second-order valence-corrected chi connectivity index (χ2v) is 8.65. The SMILES string of the molecule is CCCN=CC(=CN)c1cc2c(cc1CC)/C(C)=C/C(O)=C(C(C)=O)C=NC(C(C)C)C2. The van der Waals surface area contributed by atoms with Gasteiger partial charge in [-0.25, -0.2) is 0 Å². The molecule has 1 aliphatic rings. The van der Waals surface area contributed by atoms with Crippen molar-refractivity contribution < 1.29 is 9.90 Å². The van der Waals surface area contributed by atoms with Crippen molar-refractivity contribution in [2.45, 2.75) is 66.8 Å². The monoisotopic (exact) mass is 435 g/mol. The highest BCUT2D eigenvalue weighted by Gasteiger charge is 2.20. The number of nitrogens with zero attached hydrogens (tertiary/aromatic N) is 2. The fourth-order valence-electron chi connectivity index (χ4n) is 3.84. The van der Waals surface area contributed by atoms with Crippen LogP contribution in [0.3, 0.4) is 0 Å². The smallest absolute Gasteiger partial charge is 0.165 e. The predicted octanol–water partition coefficient (Wildman–Crippen LogP) is 5.49. The number of aryl methyl sites for hydroxylation is 1. The zero-order valence-corrected chi connectivity index (χ0v) is 20.3. The van der Waals surface area contributed by atoms with Crippen LogP contribution >= 0.6 is 0 Å². The Balaban J connectivity index is 2.77. The van der Waals surface area contributed by atoms with Gasteiger partial charge in [-0.2, -0.15) is 0 Å². The van der Waals surface area contributed by atoms with Crippen molar-refractivity contribution in [3.8, 4) is 0 Å².